The highest BCUT2D eigenvalue weighted by atomic mass is 35.5. The number of nitrogens with zero attached hydrogens (tertiary/aromatic N) is 1. The highest BCUT2D eigenvalue weighted by Crippen LogP contribution is 2.28. The molecule has 0 aliphatic rings. The summed E-state index contributed by atoms with van der Waals surface area (Å²) in [5, 5.41) is 6.40. The molecule has 0 aliphatic heterocycles. The largest absolute Gasteiger partial charge is 0.495 e. The first-order valence-corrected chi connectivity index (χ1v) is 8.52. The summed E-state index contributed by atoms with van der Waals surface area (Å²) in [5.41, 5.74) is 2.58. The van der Waals surface area contributed by atoms with E-state index in [0.29, 0.717) is 23.0 Å². The molecule has 0 saturated heterocycles. The molecule has 0 unspecified atom stereocenters. The Bertz CT molecular complexity index is 931. The predicted molar refractivity (Wildman–Crippen MR) is 103 cm³/mol. The maximum Gasteiger partial charge on any atom is 0.270 e. The number of halogens is 2. The van der Waals surface area contributed by atoms with Crippen LogP contribution in [0.4, 0.5) is 15.8 Å². The van der Waals surface area contributed by atoms with Gasteiger partial charge in [-0.2, -0.15) is 0 Å². The van der Waals surface area contributed by atoms with Gasteiger partial charge in [-0.15, -0.1) is 0 Å². The van der Waals surface area contributed by atoms with Crippen LogP contribution in [0.2, 0.25) is 5.02 Å². The zero-order chi connectivity index (χ0) is 19.2. The van der Waals surface area contributed by atoms with Crippen molar-refractivity contribution in [1.29, 1.82) is 0 Å². The van der Waals surface area contributed by atoms with E-state index >= 15 is 0 Å². The minimum Gasteiger partial charge on any atom is -0.495 e. The first kappa shape index (κ1) is 18.7. The van der Waals surface area contributed by atoms with Crippen molar-refractivity contribution in [1.82, 2.24) is 10.3 Å². The monoisotopic (exact) mass is 385 g/mol. The summed E-state index contributed by atoms with van der Waals surface area (Å²) >= 11 is 6.10. The molecule has 0 fully saturated rings. The number of nitrogens with one attached hydrogen (secondary N) is 2. The highest BCUT2D eigenvalue weighted by Gasteiger charge is 2.08. The fourth-order valence-corrected chi connectivity index (χ4v) is 2.65. The van der Waals surface area contributed by atoms with Gasteiger partial charge in [-0.05, 0) is 48.0 Å². The molecular weight excluding hydrogens is 369 g/mol. The Morgan fingerprint density at radius 2 is 1.85 bits per heavy atom. The maximum atomic E-state index is 12.9. The summed E-state index contributed by atoms with van der Waals surface area (Å²) in [4.78, 5) is 16.3. The lowest BCUT2D eigenvalue weighted by Gasteiger charge is -2.09. The lowest BCUT2D eigenvalue weighted by atomic mass is 10.2. The van der Waals surface area contributed by atoms with Gasteiger partial charge in [0.1, 0.15) is 17.3 Å². The van der Waals surface area contributed by atoms with E-state index in [9.17, 15) is 9.18 Å². The van der Waals surface area contributed by atoms with Crippen molar-refractivity contribution in [2.75, 3.05) is 12.4 Å². The molecule has 1 amide bonds. The summed E-state index contributed by atoms with van der Waals surface area (Å²) in [6.07, 6.45) is 1.56. The molecule has 2 N–H and O–H groups in total. The first-order valence-electron chi connectivity index (χ1n) is 8.14. The van der Waals surface area contributed by atoms with Gasteiger partial charge < -0.3 is 15.4 Å². The van der Waals surface area contributed by atoms with E-state index in [0.717, 1.165) is 11.3 Å². The minimum absolute atomic E-state index is 0.287. The van der Waals surface area contributed by atoms with E-state index in [-0.39, 0.29) is 17.4 Å². The number of pyridine rings is 1. The Labute approximate surface area is 161 Å². The van der Waals surface area contributed by atoms with Gasteiger partial charge in [0.15, 0.2) is 0 Å². The van der Waals surface area contributed by atoms with Gasteiger partial charge in [0, 0.05) is 12.2 Å². The second-order valence-corrected chi connectivity index (χ2v) is 6.12. The molecule has 0 aliphatic carbocycles. The van der Waals surface area contributed by atoms with E-state index in [1.165, 1.54) is 12.1 Å². The minimum atomic E-state index is -0.312. The van der Waals surface area contributed by atoms with E-state index in [4.69, 9.17) is 16.3 Å². The van der Waals surface area contributed by atoms with Crippen molar-refractivity contribution >= 4 is 28.9 Å². The molecule has 7 heteroatoms. The molecular formula is C20H17ClFN3O2. The van der Waals surface area contributed by atoms with E-state index in [1.54, 1.807) is 49.7 Å². The number of hydrogen-bond donors (Lipinski definition) is 2. The van der Waals surface area contributed by atoms with Gasteiger partial charge in [0.25, 0.3) is 5.91 Å². The number of rotatable bonds is 6. The smallest absolute Gasteiger partial charge is 0.270 e. The van der Waals surface area contributed by atoms with Crippen LogP contribution in [-0.4, -0.2) is 18.0 Å². The fourth-order valence-electron chi connectivity index (χ4n) is 2.39. The lowest BCUT2D eigenvalue weighted by Crippen LogP contribution is -2.23. The molecule has 1 heterocycles. The average molecular weight is 386 g/mol. The van der Waals surface area contributed by atoms with Crippen molar-refractivity contribution in [3.8, 4) is 5.75 Å². The number of amides is 1. The summed E-state index contributed by atoms with van der Waals surface area (Å²) in [5.74, 6) is -0.0279. The van der Waals surface area contributed by atoms with Gasteiger partial charge in [-0.25, -0.2) is 9.37 Å². The molecule has 27 heavy (non-hydrogen) atoms. The molecule has 0 saturated carbocycles. The molecule has 138 valence electrons. The predicted octanol–water partition coefficient (Wildman–Crippen LogP) is 4.56. The van der Waals surface area contributed by atoms with Crippen molar-refractivity contribution in [2.24, 2.45) is 0 Å². The van der Waals surface area contributed by atoms with Gasteiger partial charge in [0.05, 0.1) is 24.0 Å². The van der Waals surface area contributed by atoms with Gasteiger partial charge in [0.2, 0.25) is 0 Å². The fraction of sp³-hybridized carbons (Fsp3) is 0.100. The van der Waals surface area contributed by atoms with Crippen molar-refractivity contribution in [3.63, 3.8) is 0 Å². The van der Waals surface area contributed by atoms with Gasteiger partial charge in [-0.1, -0.05) is 23.7 Å². The van der Waals surface area contributed by atoms with E-state index in [1.807, 2.05) is 6.07 Å². The van der Waals surface area contributed by atoms with Crippen LogP contribution in [0.1, 0.15) is 16.1 Å². The summed E-state index contributed by atoms with van der Waals surface area (Å²) < 4.78 is 18.0. The van der Waals surface area contributed by atoms with Crippen LogP contribution in [-0.2, 0) is 6.54 Å². The summed E-state index contributed by atoms with van der Waals surface area (Å²) in [6.45, 7) is 0.297. The number of benzene rings is 2. The van der Waals surface area contributed by atoms with Crippen molar-refractivity contribution in [2.45, 2.75) is 6.54 Å². The third-order valence-electron chi connectivity index (χ3n) is 3.80. The topological polar surface area (TPSA) is 63.2 Å². The Balaban J connectivity index is 1.60. The van der Waals surface area contributed by atoms with Crippen LogP contribution < -0.4 is 15.4 Å². The van der Waals surface area contributed by atoms with Gasteiger partial charge in [-0.3, -0.25) is 4.79 Å². The molecule has 1 aromatic heterocycles. The van der Waals surface area contributed by atoms with E-state index < -0.39 is 0 Å². The van der Waals surface area contributed by atoms with Crippen molar-refractivity contribution < 1.29 is 13.9 Å². The molecule has 3 rings (SSSR count). The van der Waals surface area contributed by atoms with Crippen molar-refractivity contribution in [3.05, 3.63) is 82.9 Å². The standard InChI is InChI=1S/C20H17ClFN3O2/c1-27-19-9-7-15(10-17(19)21)25-16-6-8-18(23-12-16)20(26)24-11-13-2-4-14(22)5-3-13/h2-10,12,25H,11H2,1H3,(H,24,26). The Hall–Kier alpha value is -3.12. The van der Waals surface area contributed by atoms with Crippen LogP contribution in [0.3, 0.4) is 0 Å². The number of hydrogen-bond acceptors (Lipinski definition) is 4. The lowest BCUT2D eigenvalue weighted by molar-refractivity contribution is 0.0946. The Morgan fingerprint density at radius 3 is 2.48 bits per heavy atom. The number of carbonyl (C=O) groups excluding carboxylic acids is 1. The first-order chi connectivity index (χ1) is 13.0. The SMILES string of the molecule is COc1ccc(Nc2ccc(C(=O)NCc3ccc(F)cc3)nc2)cc1Cl. The highest BCUT2D eigenvalue weighted by molar-refractivity contribution is 6.32. The molecule has 5 nitrogen and oxygen atoms in total. The quantitative estimate of drug-likeness (QED) is 0.653. The number of aromatic nitrogens is 1. The third-order valence-corrected chi connectivity index (χ3v) is 4.10. The molecule has 0 bridgehead atoms. The van der Waals surface area contributed by atoms with E-state index in [2.05, 4.69) is 15.6 Å². The Kier molecular flexibility index (Phi) is 5.88. The molecule has 0 spiro atoms. The van der Waals surface area contributed by atoms with Crippen LogP contribution >= 0.6 is 11.6 Å². The second-order valence-electron chi connectivity index (χ2n) is 5.72. The molecule has 2 aromatic carbocycles. The zero-order valence-corrected chi connectivity index (χ0v) is 15.3. The summed E-state index contributed by atoms with van der Waals surface area (Å²) in [6, 6.07) is 14.6. The molecule has 0 atom stereocenters. The molecule has 0 radical (unpaired) electrons. The normalized spacial score (nSPS) is 10.3. The average Bonchev–Trinajstić information content (AvgIpc) is 2.68. The zero-order valence-electron chi connectivity index (χ0n) is 14.5. The van der Waals surface area contributed by atoms with Crippen LogP contribution in [0.5, 0.6) is 5.75 Å². The van der Waals surface area contributed by atoms with Crippen LogP contribution in [0.15, 0.2) is 60.8 Å². The number of carbonyl (C=O) groups is 1. The third kappa shape index (κ3) is 4.95. The second kappa shape index (κ2) is 8.51. The van der Waals surface area contributed by atoms with Crippen LogP contribution in [0, 0.1) is 5.82 Å². The summed E-state index contributed by atoms with van der Waals surface area (Å²) in [7, 11) is 1.55. The number of anilines is 2. The molecule has 3 aromatic rings. The van der Waals surface area contributed by atoms with Gasteiger partial charge >= 0.3 is 0 Å². The maximum absolute atomic E-state index is 12.9. The Morgan fingerprint density at radius 1 is 1.11 bits per heavy atom. The number of methoxy groups -OCH3 is 1. The number of ether oxygens (including phenoxy) is 1. The van der Waals surface area contributed by atoms with Crippen LogP contribution in [0.25, 0.3) is 0 Å².